The quantitative estimate of drug-likeness (QED) is 0.866. The van der Waals surface area contributed by atoms with Gasteiger partial charge in [0.2, 0.25) is 0 Å². The molecule has 0 fully saturated rings. The highest BCUT2D eigenvalue weighted by Crippen LogP contribution is 2.35. The highest BCUT2D eigenvalue weighted by atomic mass is 32.1. The summed E-state index contributed by atoms with van der Waals surface area (Å²) in [7, 11) is 1.64. The third-order valence-electron chi connectivity index (χ3n) is 4.06. The number of aryl methyl sites for hydroxylation is 1. The number of rotatable bonds is 5. The van der Waals surface area contributed by atoms with Crippen LogP contribution < -0.4 is 20.5 Å². The van der Waals surface area contributed by atoms with E-state index in [-0.39, 0.29) is 11.8 Å². The van der Waals surface area contributed by atoms with Crippen LogP contribution in [0.15, 0.2) is 18.2 Å². The number of aromatic nitrogens is 1. The summed E-state index contributed by atoms with van der Waals surface area (Å²) in [4.78, 5) is 17.2. The van der Waals surface area contributed by atoms with Crippen molar-refractivity contribution in [1.82, 2.24) is 10.3 Å². The Morgan fingerprint density at radius 3 is 3.12 bits per heavy atom. The number of nitrogens with zero attached hydrogens (tertiary/aromatic N) is 1. The fourth-order valence-corrected chi connectivity index (χ4v) is 3.69. The normalized spacial score (nSPS) is 16.2. The van der Waals surface area contributed by atoms with Crippen molar-refractivity contribution in [2.24, 2.45) is 5.92 Å². The van der Waals surface area contributed by atoms with E-state index in [4.69, 9.17) is 15.2 Å². The minimum absolute atomic E-state index is 0.113. The average Bonchev–Trinajstić information content (AvgIpc) is 2.99. The van der Waals surface area contributed by atoms with E-state index in [1.54, 1.807) is 7.11 Å². The molecule has 0 bridgehead atoms. The lowest BCUT2D eigenvalue weighted by atomic mass is 9.96. The molecule has 3 rings (SSSR count). The SMILES string of the molecule is CCc1nc(N)sc1C(=O)NCC1COc2c(cccc2OC)C1. The molecular weight excluding hydrogens is 326 g/mol. The number of benzene rings is 1. The number of amides is 1. The smallest absolute Gasteiger partial charge is 0.263 e. The Labute approximate surface area is 145 Å². The molecule has 1 aliphatic heterocycles. The Morgan fingerprint density at radius 2 is 2.38 bits per heavy atom. The van der Waals surface area contributed by atoms with Gasteiger partial charge < -0.3 is 20.5 Å². The molecule has 1 atom stereocenters. The Hall–Kier alpha value is -2.28. The number of nitrogens with two attached hydrogens (primary N) is 1. The van der Waals surface area contributed by atoms with Crippen molar-refractivity contribution in [3.8, 4) is 11.5 Å². The molecule has 2 heterocycles. The number of ether oxygens (including phenoxy) is 2. The Kier molecular flexibility index (Phi) is 4.89. The number of thiazole rings is 1. The minimum Gasteiger partial charge on any atom is -0.493 e. The molecule has 1 aromatic carbocycles. The van der Waals surface area contributed by atoms with Gasteiger partial charge in [0.05, 0.1) is 19.4 Å². The Morgan fingerprint density at radius 1 is 1.54 bits per heavy atom. The van der Waals surface area contributed by atoms with Gasteiger partial charge in [0.15, 0.2) is 16.6 Å². The second-order valence-electron chi connectivity index (χ2n) is 5.72. The van der Waals surface area contributed by atoms with Gasteiger partial charge >= 0.3 is 0 Å². The van der Waals surface area contributed by atoms with Crippen LogP contribution in [0.1, 0.15) is 27.9 Å². The van der Waals surface area contributed by atoms with Crippen LogP contribution >= 0.6 is 11.3 Å². The van der Waals surface area contributed by atoms with Gasteiger partial charge in [-0.15, -0.1) is 0 Å². The second kappa shape index (κ2) is 7.09. The fraction of sp³-hybridized carbons (Fsp3) is 0.412. The summed E-state index contributed by atoms with van der Waals surface area (Å²) in [6, 6.07) is 5.88. The highest BCUT2D eigenvalue weighted by molar-refractivity contribution is 7.17. The molecule has 3 N–H and O–H groups in total. The standard InChI is InChI=1S/C17H21N3O3S/c1-3-12-15(24-17(18)20-12)16(21)19-8-10-7-11-5-4-6-13(22-2)14(11)23-9-10/h4-6,10H,3,7-9H2,1-2H3,(H2,18,20)(H,19,21). The van der Waals surface area contributed by atoms with Crippen molar-refractivity contribution in [2.75, 3.05) is 26.0 Å². The molecule has 2 aromatic rings. The van der Waals surface area contributed by atoms with Gasteiger partial charge in [-0.25, -0.2) is 4.98 Å². The average molecular weight is 347 g/mol. The van der Waals surface area contributed by atoms with Crippen LogP contribution in [0.3, 0.4) is 0 Å². The molecule has 0 saturated carbocycles. The Bertz CT molecular complexity index is 745. The van der Waals surface area contributed by atoms with E-state index in [2.05, 4.69) is 10.3 Å². The lowest BCUT2D eigenvalue weighted by Crippen LogP contribution is -2.34. The molecule has 0 spiro atoms. The molecule has 1 aliphatic rings. The third kappa shape index (κ3) is 3.31. The monoisotopic (exact) mass is 347 g/mol. The number of hydrogen-bond donors (Lipinski definition) is 2. The van der Waals surface area contributed by atoms with Crippen molar-refractivity contribution in [1.29, 1.82) is 0 Å². The van der Waals surface area contributed by atoms with Crippen LogP contribution in [-0.2, 0) is 12.8 Å². The maximum Gasteiger partial charge on any atom is 0.263 e. The van der Waals surface area contributed by atoms with E-state index in [0.717, 1.165) is 29.2 Å². The number of carbonyl (C=O) groups is 1. The molecule has 0 aliphatic carbocycles. The number of fused-ring (bicyclic) bond motifs is 1. The molecule has 0 saturated heterocycles. The predicted molar refractivity (Wildman–Crippen MR) is 93.9 cm³/mol. The van der Waals surface area contributed by atoms with Gasteiger partial charge in [-0.3, -0.25) is 4.79 Å². The lowest BCUT2D eigenvalue weighted by Gasteiger charge is -2.26. The summed E-state index contributed by atoms with van der Waals surface area (Å²) in [6.45, 7) is 3.07. The molecule has 1 aromatic heterocycles. The van der Waals surface area contributed by atoms with E-state index in [1.165, 1.54) is 11.3 Å². The van der Waals surface area contributed by atoms with Gasteiger partial charge in [-0.2, -0.15) is 0 Å². The summed E-state index contributed by atoms with van der Waals surface area (Å²) in [5.41, 5.74) is 7.57. The zero-order valence-corrected chi connectivity index (χ0v) is 14.6. The summed E-state index contributed by atoms with van der Waals surface area (Å²) in [6.07, 6.45) is 1.54. The first-order valence-corrected chi connectivity index (χ1v) is 8.76. The predicted octanol–water partition coefficient (Wildman–Crippen LogP) is 2.28. The molecule has 7 heteroatoms. The fourth-order valence-electron chi connectivity index (χ4n) is 2.85. The van der Waals surface area contributed by atoms with Crippen LogP contribution in [-0.4, -0.2) is 31.2 Å². The molecule has 0 radical (unpaired) electrons. The topological polar surface area (TPSA) is 86.5 Å². The first-order chi connectivity index (χ1) is 11.6. The first kappa shape index (κ1) is 16.6. The Balaban J connectivity index is 1.62. The van der Waals surface area contributed by atoms with E-state index in [9.17, 15) is 4.79 Å². The van der Waals surface area contributed by atoms with Crippen molar-refractivity contribution in [3.63, 3.8) is 0 Å². The van der Waals surface area contributed by atoms with Gasteiger partial charge in [0, 0.05) is 12.5 Å². The maximum atomic E-state index is 12.4. The van der Waals surface area contributed by atoms with Crippen LogP contribution in [0.5, 0.6) is 11.5 Å². The largest absolute Gasteiger partial charge is 0.493 e. The van der Waals surface area contributed by atoms with Crippen molar-refractivity contribution < 1.29 is 14.3 Å². The third-order valence-corrected chi connectivity index (χ3v) is 4.98. The van der Waals surface area contributed by atoms with Crippen LogP contribution in [0.2, 0.25) is 0 Å². The first-order valence-electron chi connectivity index (χ1n) is 7.94. The van der Waals surface area contributed by atoms with Crippen LogP contribution in [0.4, 0.5) is 5.13 Å². The highest BCUT2D eigenvalue weighted by Gasteiger charge is 2.24. The summed E-state index contributed by atoms with van der Waals surface area (Å²) in [5, 5.41) is 3.41. The second-order valence-corrected chi connectivity index (χ2v) is 6.75. The number of hydrogen-bond acceptors (Lipinski definition) is 6. The van der Waals surface area contributed by atoms with Crippen molar-refractivity contribution >= 4 is 22.4 Å². The molecule has 6 nitrogen and oxygen atoms in total. The van der Waals surface area contributed by atoms with Crippen LogP contribution in [0, 0.1) is 5.92 Å². The number of para-hydroxylation sites is 1. The number of anilines is 1. The lowest BCUT2D eigenvalue weighted by molar-refractivity contribution is 0.0941. The minimum atomic E-state index is -0.113. The summed E-state index contributed by atoms with van der Waals surface area (Å²) < 4.78 is 11.2. The number of carbonyl (C=O) groups excluding carboxylic acids is 1. The molecule has 1 unspecified atom stereocenters. The molecule has 24 heavy (non-hydrogen) atoms. The molecule has 1 amide bonds. The van der Waals surface area contributed by atoms with E-state index in [1.807, 2.05) is 25.1 Å². The van der Waals surface area contributed by atoms with Crippen LogP contribution in [0.25, 0.3) is 0 Å². The van der Waals surface area contributed by atoms with Gasteiger partial charge in [0.25, 0.3) is 5.91 Å². The van der Waals surface area contributed by atoms with Gasteiger partial charge in [-0.05, 0) is 24.5 Å². The number of nitrogen functional groups attached to an aromatic ring is 1. The summed E-state index contributed by atoms with van der Waals surface area (Å²) in [5.74, 6) is 1.68. The maximum absolute atomic E-state index is 12.4. The number of methoxy groups -OCH3 is 1. The summed E-state index contributed by atoms with van der Waals surface area (Å²) >= 11 is 1.23. The zero-order chi connectivity index (χ0) is 17.1. The molecular formula is C17H21N3O3S. The molecule has 128 valence electrons. The van der Waals surface area contributed by atoms with Crippen molar-refractivity contribution in [2.45, 2.75) is 19.8 Å². The van der Waals surface area contributed by atoms with Gasteiger partial charge in [-0.1, -0.05) is 30.4 Å². The zero-order valence-electron chi connectivity index (χ0n) is 13.8. The van der Waals surface area contributed by atoms with Gasteiger partial charge in [0.1, 0.15) is 4.88 Å². The number of nitrogens with one attached hydrogen (secondary N) is 1. The van der Waals surface area contributed by atoms with E-state index >= 15 is 0 Å². The van der Waals surface area contributed by atoms with E-state index < -0.39 is 0 Å². The van der Waals surface area contributed by atoms with E-state index in [0.29, 0.717) is 29.6 Å². The van der Waals surface area contributed by atoms with Crippen molar-refractivity contribution in [3.05, 3.63) is 34.3 Å².